The van der Waals surface area contributed by atoms with Crippen LogP contribution in [0.4, 0.5) is 0 Å². The Kier molecular flexibility index (Phi) is 7.71. The fraction of sp³-hybridized carbons (Fsp3) is 0.409. The van der Waals surface area contributed by atoms with Crippen molar-refractivity contribution in [3.05, 3.63) is 64.7 Å². The van der Waals surface area contributed by atoms with Crippen LogP contribution in [0.15, 0.2) is 48.5 Å². The zero-order valence-electron chi connectivity index (χ0n) is 16.2. The van der Waals surface area contributed by atoms with E-state index >= 15 is 0 Å². The van der Waals surface area contributed by atoms with E-state index in [4.69, 9.17) is 21.1 Å². The molecule has 6 heteroatoms. The van der Waals surface area contributed by atoms with E-state index in [1.807, 2.05) is 19.1 Å². The maximum atomic E-state index is 12.5. The Morgan fingerprint density at radius 1 is 1.14 bits per heavy atom. The molecule has 0 aliphatic carbocycles. The first kappa shape index (κ1) is 20.6. The van der Waals surface area contributed by atoms with E-state index in [9.17, 15) is 4.79 Å². The maximum Gasteiger partial charge on any atom is 0.261 e. The number of morpholine rings is 1. The van der Waals surface area contributed by atoms with Crippen molar-refractivity contribution in [1.29, 1.82) is 0 Å². The first-order valence-electron chi connectivity index (χ1n) is 9.72. The van der Waals surface area contributed by atoms with Gasteiger partial charge in [0.25, 0.3) is 5.91 Å². The molecule has 1 amide bonds. The third-order valence-electron chi connectivity index (χ3n) is 4.77. The quantitative estimate of drug-likeness (QED) is 0.732. The molecule has 1 N–H and O–H groups in total. The number of ether oxygens (including phenoxy) is 2. The van der Waals surface area contributed by atoms with E-state index < -0.39 is 6.10 Å². The maximum absolute atomic E-state index is 12.5. The first-order valence-corrected chi connectivity index (χ1v) is 10.1. The fourth-order valence-electron chi connectivity index (χ4n) is 3.10. The highest BCUT2D eigenvalue weighted by Crippen LogP contribution is 2.24. The van der Waals surface area contributed by atoms with Gasteiger partial charge in [0, 0.05) is 26.2 Å². The summed E-state index contributed by atoms with van der Waals surface area (Å²) in [6, 6.07) is 15.6. The summed E-state index contributed by atoms with van der Waals surface area (Å²) in [5.74, 6) is 0.387. The lowest BCUT2D eigenvalue weighted by molar-refractivity contribution is -0.128. The molecule has 0 spiro atoms. The Morgan fingerprint density at radius 3 is 2.50 bits per heavy atom. The van der Waals surface area contributed by atoms with E-state index in [1.54, 1.807) is 12.1 Å². The Morgan fingerprint density at radius 2 is 1.82 bits per heavy atom. The second-order valence-corrected chi connectivity index (χ2v) is 7.28. The molecule has 28 heavy (non-hydrogen) atoms. The van der Waals surface area contributed by atoms with Gasteiger partial charge in [-0.1, -0.05) is 54.9 Å². The second kappa shape index (κ2) is 10.5. The van der Waals surface area contributed by atoms with Gasteiger partial charge in [0.2, 0.25) is 0 Å². The summed E-state index contributed by atoms with van der Waals surface area (Å²) in [6.45, 7) is 6.88. The number of nitrogens with one attached hydrogen (secondary N) is 1. The highest BCUT2D eigenvalue weighted by Gasteiger charge is 2.19. The Hall–Kier alpha value is -2.08. The lowest BCUT2D eigenvalue weighted by Gasteiger charge is -2.26. The normalized spacial score (nSPS) is 15.8. The van der Waals surface area contributed by atoms with Gasteiger partial charge >= 0.3 is 0 Å². The average molecular weight is 403 g/mol. The fourth-order valence-corrected chi connectivity index (χ4v) is 3.28. The van der Waals surface area contributed by atoms with Crippen LogP contribution in [-0.2, 0) is 22.6 Å². The molecule has 5 nitrogen and oxygen atoms in total. The van der Waals surface area contributed by atoms with E-state index in [0.29, 0.717) is 23.7 Å². The highest BCUT2D eigenvalue weighted by atomic mass is 35.5. The summed E-state index contributed by atoms with van der Waals surface area (Å²) in [5.41, 5.74) is 2.33. The van der Waals surface area contributed by atoms with Crippen LogP contribution >= 0.6 is 11.6 Å². The number of benzene rings is 2. The minimum Gasteiger partial charge on any atom is -0.479 e. The number of halogens is 1. The molecule has 0 radical (unpaired) electrons. The predicted molar refractivity (Wildman–Crippen MR) is 111 cm³/mol. The van der Waals surface area contributed by atoms with E-state index in [0.717, 1.165) is 38.4 Å². The largest absolute Gasteiger partial charge is 0.479 e. The van der Waals surface area contributed by atoms with Crippen molar-refractivity contribution in [3.63, 3.8) is 0 Å². The van der Waals surface area contributed by atoms with Gasteiger partial charge in [0.15, 0.2) is 6.10 Å². The molecule has 2 aromatic carbocycles. The smallest absolute Gasteiger partial charge is 0.261 e. The highest BCUT2D eigenvalue weighted by molar-refractivity contribution is 6.32. The topological polar surface area (TPSA) is 50.8 Å². The molecule has 2 aromatic rings. The zero-order valence-corrected chi connectivity index (χ0v) is 17.0. The first-order chi connectivity index (χ1) is 13.7. The Balaban J connectivity index is 1.49. The molecule has 150 valence electrons. The minimum absolute atomic E-state index is 0.139. The summed E-state index contributed by atoms with van der Waals surface area (Å²) in [6.07, 6.45) is -0.00396. The van der Waals surface area contributed by atoms with Crippen molar-refractivity contribution in [3.8, 4) is 5.75 Å². The number of nitrogens with zero attached hydrogens (tertiary/aromatic N) is 1. The van der Waals surface area contributed by atoms with Crippen molar-refractivity contribution < 1.29 is 14.3 Å². The van der Waals surface area contributed by atoms with Gasteiger partial charge in [0.1, 0.15) is 5.75 Å². The molecule has 1 aliphatic rings. The van der Waals surface area contributed by atoms with Crippen LogP contribution in [-0.4, -0.2) is 43.2 Å². The van der Waals surface area contributed by atoms with E-state index in [2.05, 4.69) is 34.5 Å². The number of hydrogen-bond acceptors (Lipinski definition) is 4. The molecule has 1 atom stereocenters. The molecule has 0 unspecified atom stereocenters. The number of amides is 1. The van der Waals surface area contributed by atoms with Crippen LogP contribution in [0.3, 0.4) is 0 Å². The van der Waals surface area contributed by atoms with Gasteiger partial charge in [-0.3, -0.25) is 9.69 Å². The molecule has 3 rings (SSSR count). The Labute approximate surface area is 171 Å². The van der Waals surface area contributed by atoms with Gasteiger partial charge in [-0.2, -0.15) is 0 Å². The summed E-state index contributed by atoms with van der Waals surface area (Å²) in [7, 11) is 0. The molecular formula is C22H27ClN2O3. The number of carbonyl (C=O) groups excluding carboxylic acids is 1. The molecule has 0 bridgehead atoms. The molecule has 1 aliphatic heterocycles. The molecule has 0 saturated carbocycles. The predicted octanol–water partition coefficient (Wildman–Crippen LogP) is 3.65. The lowest BCUT2D eigenvalue weighted by atomic mass is 10.1. The SMILES string of the molecule is CC[C@H](Oc1ccccc1Cl)C(=O)NCc1ccc(CN2CCOCC2)cc1. The van der Waals surface area contributed by atoms with Crippen LogP contribution in [0.1, 0.15) is 24.5 Å². The van der Waals surface area contributed by atoms with Crippen molar-refractivity contribution in [2.75, 3.05) is 26.3 Å². The van der Waals surface area contributed by atoms with E-state index in [-0.39, 0.29) is 5.91 Å². The second-order valence-electron chi connectivity index (χ2n) is 6.87. The van der Waals surface area contributed by atoms with Crippen molar-refractivity contribution in [1.82, 2.24) is 10.2 Å². The minimum atomic E-state index is -0.569. The van der Waals surface area contributed by atoms with Crippen LogP contribution in [0, 0.1) is 0 Å². The van der Waals surface area contributed by atoms with Crippen LogP contribution < -0.4 is 10.1 Å². The number of carbonyl (C=O) groups is 1. The summed E-state index contributed by atoms with van der Waals surface area (Å²) in [5, 5.41) is 3.46. The number of rotatable bonds is 8. The third kappa shape index (κ3) is 5.96. The van der Waals surface area contributed by atoms with Gasteiger partial charge in [0.05, 0.1) is 18.2 Å². The van der Waals surface area contributed by atoms with Crippen LogP contribution in [0.25, 0.3) is 0 Å². The van der Waals surface area contributed by atoms with E-state index in [1.165, 1.54) is 5.56 Å². The molecule has 1 heterocycles. The van der Waals surface area contributed by atoms with Crippen molar-refractivity contribution >= 4 is 17.5 Å². The average Bonchev–Trinajstić information content (AvgIpc) is 2.73. The zero-order chi connectivity index (χ0) is 19.8. The standard InChI is InChI=1S/C22H27ClN2O3/c1-2-20(28-21-6-4-3-5-19(21)23)22(26)24-15-17-7-9-18(10-8-17)16-25-11-13-27-14-12-25/h3-10,20H,2,11-16H2,1H3,(H,24,26)/t20-/m0/s1. The van der Waals surface area contributed by atoms with Crippen LogP contribution in [0.5, 0.6) is 5.75 Å². The van der Waals surface area contributed by atoms with Crippen LogP contribution in [0.2, 0.25) is 5.02 Å². The lowest BCUT2D eigenvalue weighted by Crippen LogP contribution is -2.37. The molecular weight excluding hydrogens is 376 g/mol. The third-order valence-corrected chi connectivity index (χ3v) is 5.08. The van der Waals surface area contributed by atoms with Crippen molar-refractivity contribution in [2.24, 2.45) is 0 Å². The van der Waals surface area contributed by atoms with Gasteiger partial charge in [-0.05, 0) is 29.7 Å². The Bertz CT molecular complexity index is 761. The molecule has 0 aromatic heterocycles. The number of para-hydroxylation sites is 1. The monoisotopic (exact) mass is 402 g/mol. The van der Waals surface area contributed by atoms with Crippen molar-refractivity contribution in [2.45, 2.75) is 32.5 Å². The summed E-state index contributed by atoms with van der Waals surface area (Å²) < 4.78 is 11.2. The van der Waals surface area contributed by atoms with Gasteiger partial charge < -0.3 is 14.8 Å². The molecule has 1 saturated heterocycles. The molecule has 1 fully saturated rings. The number of hydrogen-bond donors (Lipinski definition) is 1. The summed E-state index contributed by atoms with van der Waals surface area (Å²) >= 11 is 6.12. The van der Waals surface area contributed by atoms with Gasteiger partial charge in [-0.25, -0.2) is 0 Å². The van der Waals surface area contributed by atoms with Gasteiger partial charge in [-0.15, -0.1) is 0 Å². The summed E-state index contributed by atoms with van der Waals surface area (Å²) in [4.78, 5) is 14.9.